The van der Waals surface area contributed by atoms with Crippen LogP contribution in [0, 0.1) is 0 Å². The first-order chi connectivity index (χ1) is 6.36. The van der Waals surface area contributed by atoms with Crippen LogP contribution in [0.3, 0.4) is 0 Å². The van der Waals surface area contributed by atoms with Crippen LogP contribution in [0.4, 0.5) is 0 Å². The van der Waals surface area contributed by atoms with Crippen molar-refractivity contribution >= 4 is 6.29 Å². The lowest BCUT2D eigenvalue weighted by molar-refractivity contribution is 0.0222. The summed E-state index contributed by atoms with van der Waals surface area (Å²) in [6, 6.07) is 3.27. The molecular weight excluding hydrogens is 170 g/mol. The second-order valence-electron chi connectivity index (χ2n) is 2.29. The molecule has 0 saturated heterocycles. The Bertz CT molecular complexity index is 258. The second-order valence-corrected chi connectivity index (χ2v) is 2.29. The van der Waals surface area contributed by atoms with E-state index >= 15 is 0 Å². The fourth-order valence-corrected chi connectivity index (χ4v) is 0.740. The van der Waals surface area contributed by atoms with Gasteiger partial charge in [-0.2, -0.15) is 0 Å². The number of aldehydes is 1. The molecule has 1 aromatic heterocycles. The Morgan fingerprint density at radius 2 is 2.38 bits per heavy atom. The van der Waals surface area contributed by atoms with Crippen LogP contribution in [-0.4, -0.2) is 24.7 Å². The molecule has 0 aromatic carbocycles. The highest BCUT2D eigenvalue weighted by molar-refractivity contribution is 5.71. The highest BCUT2D eigenvalue weighted by Crippen LogP contribution is 2.07. The Hall–Kier alpha value is -1.42. The van der Waals surface area contributed by atoms with Gasteiger partial charge in [0.1, 0.15) is 11.4 Å². The van der Waals surface area contributed by atoms with E-state index in [1.807, 2.05) is 6.92 Å². The molecule has 0 bridgehead atoms. The van der Waals surface area contributed by atoms with E-state index in [0.717, 1.165) is 0 Å². The van der Waals surface area contributed by atoms with Gasteiger partial charge < -0.3 is 9.47 Å². The third-order valence-corrected chi connectivity index (χ3v) is 1.39. The molecule has 0 radical (unpaired) electrons. The van der Waals surface area contributed by atoms with E-state index in [-0.39, 0.29) is 6.79 Å². The largest absolute Gasteiger partial charge is 0.466 e. The lowest BCUT2D eigenvalue weighted by Crippen LogP contribution is -2.02. The highest BCUT2D eigenvalue weighted by Gasteiger charge is 1.94. The topological polar surface area (TPSA) is 48.4 Å². The van der Waals surface area contributed by atoms with Gasteiger partial charge >= 0.3 is 0 Å². The minimum Gasteiger partial charge on any atom is -0.466 e. The Kier molecular flexibility index (Phi) is 3.92. The van der Waals surface area contributed by atoms with E-state index in [1.54, 1.807) is 12.1 Å². The number of carbonyl (C=O) groups is 1. The van der Waals surface area contributed by atoms with Gasteiger partial charge in [0.2, 0.25) is 0 Å². The van der Waals surface area contributed by atoms with Crippen LogP contribution in [0.2, 0.25) is 0 Å². The van der Waals surface area contributed by atoms with E-state index in [4.69, 9.17) is 9.47 Å². The van der Waals surface area contributed by atoms with E-state index < -0.39 is 0 Å². The molecule has 0 amide bonds. The maximum absolute atomic E-state index is 10.3. The first kappa shape index (κ1) is 9.67. The van der Waals surface area contributed by atoms with Gasteiger partial charge in [-0.15, -0.1) is 0 Å². The summed E-state index contributed by atoms with van der Waals surface area (Å²) in [6.45, 7) is 2.70. The third-order valence-electron chi connectivity index (χ3n) is 1.39. The van der Waals surface area contributed by atoms with E-state index in [1.165, 1.54) is 6.20 Å². The minimum atomic E-state index is 0.207. The standard InChI is InChI=1S/C9H11NO3/c1-2-12-7-13-9-4-3-8(6-11)10-5-9/h3-6H,2,7H2,1H3. The first-order valence-electron chi connectivity index (χ1n) is 3.98. The minimum absolute atomic E-state index is 0.207. The van der Waals surface area contributed by atoms with Gasteiger partial charge in [-0.3, -0.25) is 4.79 Å². The van der Waals surface area contributed by atoms with Crippen molar-refractivity contribution in [2.45, 2.75) is 6.92 Å². The first-order valence-corrected chi connectivity index (χ1v) is 3.98. The number of pyridine rings is 1. The van der Waals surface area contributed by atoms with Gasteiger partial charge in [0, 0.05) is 6.61 Å². The lowest BCUT2D eigenvalue weighted by atomic mass is 10.4. The fraction of sp³-hybridized carbons (Fsp3) is 0.333. The third kappa shape index (κ3) is 3.21. The average molecular weight is 181 g/mol. The highest BCUT2D eigenvalue weighted by atomic mass is 16.7. The van der Waals surface area contributed by atoms with Crippen LogP contribution >= 0.6 is 0 Å². The molecule has 0 aliphatic heterocycles. The number of hydrogen-bond donors (Lipinski definition) is 0. The van der Waals surface area contributed by atoms with Crippen molar-refractivity contribution in [3.05, 3.63) is 24.0 Å². The molecule has 1 aromatic rings. The molecule has 13 heavy (non-hydrogen) atoms. The Morgan fingerprint density at radius 3 is 2.92 bits per heavy atom. The number of aromatic nitrogens is 1. The zero-order valence-electron chi connectivity index (χ0n) is 7.40. The molecule has 4 heteroatoms. The van der Waals surface area contributed by atoms with E-state index in [0.29, 0.717) is 24.3 Å². The predicted octanol–water partition coefficient (Wildman–Crippen LogP) is 1.27. The molecule has 1 heterocycles. The molecule has 1 rings (SSSR count). The van der Waals surface area contributed by atoms with E-state index in [2.05, 4.69) is 4.98 Å². The SMILES string of the molecule is CCOCOc1ccc(C=O)nc1. The summed E-state index contributed by atoms with van der Waals surface area (Å²) in [5.41, 5.74) is 0.392. The van der Waals surface area contributed by atoms with Crippen molar-refractivity contribution in [3.8, 4) is 5.75 Å². The fourth-order valence-electron chi connectivity index (χ4n) is 0.740. The maximum atomic E-state index is 10.3. The molecule has 0 unspecified atom stereocenters. The number of carbonyl (C=O) groups excluding carboxylic acids is 1. The number of ether oxygens (including phenoxy) is 2. The summed E-state index contributed by atoms with van der Waals surface area (Å²) >= 11 is 0. The Balaban J connectivity index is 2.44. The van der Waals surface area contributed by atoms with Crippen molar-refractivity contribution in [1.82, 2.24) is 4.98 Å². The summed E-state index contributed by atoms with van der Waals surface area (Å²) in [5, 5.41) is 0. The van der Waals surface area contributed by atoms with E-state index in [9.17, 15) is 4.79 Å². The van der Waals surface area contributed by atoms with Crippen LogP contribution in [0.15, 0.2) is 18.3 Å². The van der Waals surface area contributed by atoms with Crippen molar-refractivity contribution in [2.24, 2.45) is 0 Å². The van der Waals surface area contributed by atoms with Crippen molar-refractivity contribution in [3.63, 3.8) is 0 Å². The number of rotatable bonds is 5. The Morgan fingerprint density at radius 1 is 1.54 bits per heavy atom. The number of hydrogen-bond acceptors (Lipinski definition) is 4. The molecule has 70 valence electrons. The normalized spacial score (nSPS) is 9.62. The van der Waals surface area contributed by atoms with Gasteiger partial charge in [-0.25, -0.2) is 4.98 Å². The summed E-state index contributed by atoms with van der Waals surface area (Å²) in [4.78, 5) is 14.1. The van der Waals surface area contributed by atoms with Crippen LogP contribution < -0.4 is 4.74 Å². The van der Waals surface area contributed by atoms with Crippen LogP contribution in [0.25, 0.3) is 0 Å². The van der Waals surface area contributed by atoms with Gasteiger partial charge in [0.05, 0.1) is 6.20 Å². The summed E-state index contributed by atoms with van der Waals surface area (Å²) < 4.78 is 10.1. The monoisotopic (exact) mass is 181 g/mol. The van der Waals surface area contributed by atoms with Crippen molar-refractivity contribution in [1.29, 1.82) is 0 Å². The molecule has 0 spiro atoms. The molecular formula is C9H11NO3. The molecule has 0 aliphatic carbocycles. The van der Waals surface area contributed by atoms with Crippen molar-refractivity contribution < 1.29 is 14.3 Å². The summed E-state index contributed by atoms with van der Waals surface area (Å²) in [5.74, 6) is 0.596. The smallest absolute Gasteiger partial charge is 0.189 e. The molecule has 0 atom stereocenters. The Labute approximate surface area is 76.5 Å². The van der Waals surface area contributed by atoms with Gasteiger partial charge in [-0.1, -0.05) is 0 Å². The quantitative estimate of drug-likeness (QED) is 0.390. The predicted molar refractivity (Wildman–Crippen MR) is 46.7 cm³/mol. The molecule has 0 fully saturated rings. The molecule has 4 nitrogen and oxygen atoms in total. The average Bonchev–Trinajstić information content (AvgIpc) is 2.19. The molecule has 0 N–H and O–H groups in total. The summed E-state index contributed by atoms with van der Waals surface area (Å²) in [7, 11) is 0. The number of nitrogens with zero attached hydrogens (tertiary/aromatic N) is 1. The van der Waals surface area contributed by atoms with Crippen LogP contribution in [-0.2, 0) is 4.74 Å². The van der Waals surface area contributed by atoms with Crippen LogP contribution in [0.5, 0.6) is 5.75 Å². The van der Waals surface area contributed by atoms with Crippen molar-refractivity contribution in [2.75, 3.05) is 13.4 Å². The summed E-state index contributed by atoms with van der Waals surface area (Å²) in [6.07, 6.45) is 2.18. The van der Waals surface area contributed by atoms with Gasteiger partial charge in [0.25, 0.3) is 0 Å². The molecule has 0 aliphatic rings. The lowest BCUT2D eigenvalue weighted by Gasteiger charge is -2.04. The van der Waals surface area contributed by atoms with Crippen LogP contribution in [0.1, 0.15) is 17.4 Å². The van der Waals surface area contributed by atoms with Gasteiger partial charge in [-0.05, 0) is 19.1 Å². The zero-order valence-corrected chi connectivity index (χ0v) is 7.40. The second kappa shape index (κ2) is 5.27. The maximum Gasteiger partial charge on any atom is 0.189 e. The zero-order chi connectivity index (χ0) is 9.52. The molecule has 0 saturated carbocycles. The van der Waals surface area contributed by atoms with Gasteiger partial charge in [0.15, 0.2) is 13.1 Å².